The summed E-state index contributed by atoms with van der Waals surface area (Å²) in [6.07, 6.45) is 0. The first-order valence-electron chi connectivity index (χ1n) is 49.7. The molecule has 0 radical (unpaired) electrons. The Balaban J connectivity index is 0.000000106. The molecule has 0 spiro atoms. The van der Waals surface area contributed by atoms with Crippen molar-refractivity contribution >= 4 is 163 Å². The van der Waals surface area contributed by atoms with Crippen molar-refractivity contribution in [3.8, 4) is 101 Å². The fraction of sp³-hybridized carbons (Fsp3) is 0. The van der Waals surface area contributed by atoms with Gasteiger partial charge in [-0.25, -0.2) is 4.39 Å². The third-order valence-corrected chi connectivity index (χ3v) is 29.8. The van der Waals surface area contributed by atoms with Gasteiger partial charge >= 0.3 is 0 Å². The first kappa shape index (κ1) is 83.9. The van der Waals surface area contributed by atoms with Crippen LogP contribution in [0.1, 0.15) is 0 Å². The van der Waals surface area contributed by atoms with Gasteiger partial charge in [0.25, 0.3) is 0 Å². The van der Waals surface area contributed by atoms with Crippen molar-refractivity contribution in [3.63, 3.8) is 0 Å². The van der Waals surface area contributed by atoms with Gasteiger partial charge in [0.2, 0.25) is 0 Å². The molecule has 30 aromatic rings. The van der Waals surface area contributed by atoms with Gasteiger partial charge in [0, 0.05) is 98.5 Å². The first-order chi connectivity index (χ1) is 71.8. The minimum absolute atomic E-state index is 0.235. The third kappa shape index (κ3) is 14.4. The van der Waals surface area contributed by atoms with Crippen molar-refractivity contribution in [2.75, 3.05) is 0 Å². The molecule has 0 atom stereocenters. The summed E-state index contributed by atoms with van der Waals surface area (Å²) >= 11 is 0. The molecule has 24 aromatic carbocycles. The molecule has 0 aliphatic heterocycles. The minimum atomic E-state index is -0.235. The van der Waals surface area contributed by atoms with Crippen LogP contribution < -0.4 is 0 Å². The predicted octanol–water partition coefficient (Wildman–Crippen LogP) is 37.2. The zero-order valence-corrected chi connectivity index (χ0v) is 78.9. The standard InChI is InChI=1S/C46H29FN2.2C46H30N2/c47-36-19-23-38(24-20-36)49-44-12-6-4-10-40(44)42-29-35(18-26-46(42)49)34-17-25-45-41(28-34)39-9-3-5-11-43(39)48(45)37-21-15-31(16-22-37)33-14-13-30-7-1-2-8-32(30)27-33;1-3-12-31(13-4-1)33-22-25-40-41-27-24-34(29-45(41)47(44(40)28-33)36-16-5-2-6-17-36)35-23-26-39-38-19-9-10-20-43(38)48(46(39)30-35)42-21-11-15-32-14-7-8-18-37(32)42;1-2-12-37(13-3-1)47-43-16-8-6-14-39(43)41-29-35(22-26-45(41)47)36-23-27-46-42(30-36)40-15-7-9-17-44(40)48(46)38-24-20-32(21-25-38)34-19-18-31-10-4-5-11-33(31)28-34/h1-29H;2*1-30H. The van der Waals surface area contributed by atoms with Crippen LogP contribution in [0.2, 0.25) is 0 Å². The van der Waals surface area contributed by atoms with Crippen molar-refractivity contribution in [3.05, 3.63) is 546 Å². The van der Waals surface area contributed by atoms with Gasteiger partial charge in [-0.2, -0.15) is 0 Å². The summed E-state index contributed by atoms with van der Waals surface area (Å²) in [5.74, 6) is -0.235. The molecular formula is C138H89FN6. The van der Waals surface area contributed by atoms with E-state index >= 15 is 0 Å². The molecule has 0 saturated carbocycles. The number of aromatic nitrogens is 6. The fourth-order valence-corrected chi connectivity index (χ4v) is 22.9. The predicted molar refractivity (Wildman–Crippen MR) is 610 cm³/mol. The molecule has 0 N–H and O–H groups in total. The van der Waals surface area contributed by atoms with Crippen LogP contribution in [0.4, 0.5) is 4.39 Å². The molecule has 678 valence electrons. The summed E-state index contributed by atoms with van der Waals surface area (Å²) in [7, 11) is 0. The van der Waals surface area contributed by atoms with Gasteiger partial charge in [0.1, 0.15) is 5.82 Å². The van der Waals surface area contributed by atoms with E-state index in [9.17, 15) is 4.39 Å². The number of fused-ring (bicyclic) bond motifs is 21. The Bertz CT molecular complexity index is 10400. The van der Waals surface area contributed by atoms with Crippen molar-refractivity contribution in [1.82, 2.24) is 27.4 Å². The second kappa shape index (κ2) is 34.7. The van der Waals surface area contributed by atoms with Gasteiger partial charge in [-0.15, -0.1) is 0 Å². The second-order valence-corrected chi connectivity index (χ2v) is 38.0. The maximum Gasteiger partial charge on any atom is 0.123 e. The fourth-order valence-electron chi connectivity index (χ4n) is 22.9. The average molecular weight is 1850 g/mol. The van der Waals surface area contributed by atoms with Crippen LogP contribution in [-0.2, 0) is 0 Å². The molecule has 7 heteroatoms. The van der Waals surface area contributed by atoms with Crippen molar-refractivity contribution in [2.45, 2.75) is 0 Å². The van der Waals surface area contributed by atoms with E-state index in [1.807, 2.05) is 12.1 Å². The molecule has 0 fully saturated rings. The van der Waals surface area contributed by atoms with E-state index in [0.29, 0.717) is 0 Å². The number of hydrogen-bond donors (Lipinski definition) is 0. The van der Waals surface area contributed by atoms with Crippen molar-refractivity contribution in [1.29, 1.82) is 0 Å². The number of para-hydroxylation sites is 7. The van der Waals surface area contributed by atoms with E-state index in [0.717, 1.165) is 39.3 Å². The van der Waals surface area contributed by atoms with Crippen LogP contribution in [-0.4, -0.2) is 27.4 Å². The maximum absolute atomic E-state index is 13.8. The molecule has 0 amide bonds. The number of halogens is 1. The van der Waals surface area contributed by atoms with E-state index in [4.69, 9.17) is 0 Å². The van der Waals surface area contributed by atoms with Gasteiger partial charge in [0.05, 0.1) is 71.9 Å². The van der Waals surface area contributed by atoms with Crippen LogP contribution in [0.15, 0.2) is 540 Å². The Morgan fingerprint density at radius 1 is 0.110 bits per heavy atom. The third-order valence-electron chi connectivity index (χ3n) is 29.8. The Kier molecular flexibility index (Phi) is 20.1. The van der Waals surface area contributed by atoms with E-state index in [1.54, 1.807) is 0 Å². The SMILES string of the molecule is Fc1ccc(-n2c3ccccc3c3cc(-c4ccc5c(c4)c4ccccc4n5-c4ccc(-c5ccc6ccccc6c5)cc4)ccc32)cc1.c1ccc(-c2ccc3c4ccc(-c5ccc6c7ccccc7n(-c7cccc8ccccc78)c6c5)cc4n(-c4ccccc4)c3c2)cc1.c1ccc(-n2c3ccccc3c3cc(-c4ccc5c(c4)c4ccccc4n5-c4ccc(-c5ccc6ccccc6c5)cc4)ccc32)cc1. The van der Waals surface area contributed by atoms with E-state index in [-0.39, 0.29) is 5.82 Å². The molecule has 0 unspecified atom stereocenters. The highest BCUT2D eigenvalue weighted by molar-refractivity contribution is 6.18. The van der Waals surface area contributed by atoms with Crippen LogP contribution in [0.25, 0.3) is 264 Å². The largest absolute Gasteiger partial charge is 0.309 e. The van der Waals surface area contributed by atoms with Gasteiger partial charge in [-0.1, -0.05) is 352 Å². The Morgan fingerprint density at radius 2 is 0.338 bits per heavy atom. The Labute approximate surface area is 835 Å². The minimum Gasteiger partial charge on any atom is -0.309 e. The van der Waals surface area contributed by atoms with Crippen LogP contribution in [0.3, 0.4) is 0 Å². The molecule has 6 aromatic heterocycles. The van der Waals surface area contributed by atoms with E-state index in [2.05, 4.69) is 543 Å². The quantitative estimate of drug-likeness (QED) is 0.117. The van der Waals surface area contributed by atoms with Crippen molar-refractivity contribution in [2.24, 2.45) is 0 Å². The lowest BCUT2D eigenvalue weighted by Gasteiger charge is -2.12. The monoisotopic (exact) mass is 1850 g/mol. The summed E-state index contributed by atoms with van der Waals surface area (Å²) < 4.78 is 28.0. The van der Waals surface area contributed by atoms with Crippen LogP contribution in [0.5, 0.6) is 0 Å². The van der Waals surface area contributed by atoms with Crippen molar-refractivity contribution < 1.29 is 4.39 Å². The van der Waals surface area contributed by atoms with Crippen LogP contribution in [0, 0.1) is 5.82 Å². The Hall–Kier alpha value is -19.2. The van der Waals surface area contributed by atoms with E-state index in [1.165, 1.54) is 237 Å². The maximum atomic E-state index is 13.8. The molecule has 6 nitrogen and oxygen atoms in total. The highest BCUT2D eigenvalue weighted by Gasteiger charge is 2.24. The number of hydrogen-bond acceptors (Lipinski definition) is 0. The van der Waals surface area contributed by atoms with Gasteiger partial charge in [-0.05, 0) is 282 Å². The molecular weight excluding hydrogens is 1760 g/mol. The summed E-state index contributed by atoms with van der Waals surface area (Å²) in [5.41, 5.74) is 35.5. The lowest BCUT2D eigenvalue weighted by molar-refractivity contribution is 0.627. The van der Waals surface area contributed by atoms with Gasteiger partial charge < -0.3 is 27.4 Å². The molecule has 145 heavy (non-hydrogen) atoms. The molecule has 30 rings (SSSR count). The molecule has 0 bridgehead atoms. The first-order valence-corrected chi connectivity index (χ1v) is 49.7. The number of rotatable bonds is 12. The number of nitrogens with zero attached hydrogens (tertiary/aromatic N) is 6. The molecule has 0 aliphatic rings. The highest BCUT2D eigenvalue weighted by atomic mass is 19.1. The zero-order valence-electron chi connectivity index (χ0n) is 78.9. The van der Waals surface area contributed by atoms with Gasteiger partial charge in [0.15, 0.2) is 0 Å². The van der Waals surface area contributed by atoms with Gasteiger partial charge in [-0.3, -0.25) is 0 Å². The number of benzene rings is 24. The zero-order chi connectivity index (χ0) is 95.7. The lowest BCUT2D eigenvalue weighted by atomic mass is 10.0. The Morgan fingerprint density at radius 3 is 0.724 bits per heavy atom. The highest BCUT2D eigenvalue weighted by Crippen LogP contribution is 2.46. The molecule has 0 saturated heterocycles. The normalized spacial score (nSPS) is 11.8. The summed E-state index contributed by atoms with van der Waals surface area (Å²) in [4.78, 5) is 0. The average Bonchev–Trinajstić information content (AvgIpc) is 1.57. The van der Waals surface area contributed by atoms with Crippen LogP contribution >= 0.6 is 0 Å². The smallest absolute Gasteiger partial charge is 0.123 e. The van der Waals surface area contributed by atoms with E-state index < -0.39 is 0 Å². The summed E-state index contributed by atoms with van der Waals surface area (Å²) in [6, 6.07) is 194. The summed E-state index contributed by atoms with van der Waals surface area (Å²) in [5, 5.41) is 22.4. The summed E-state index contributed by atoms with van der Waals surface area (Å²) in [6.45, 7) is 0. The molecule has 6 heterocycles. The second-order valence-electron chi connectivity index (χ2n) is 38.0. The topological polar surface area (TPSA) is 29.6 Å². The lowest BCUT2D eigenvalue weighted by Crippen LogP contribution is -1.95. The molecule has 0 aliphatic carbocycles.